The summed E-state index contributed by atoms with van der Waals surface area (Å²) >= 11 is 3.41. The van der Waals surface area contributed by atoms with Gasteiger partial charge in [-0.25, -0.2) is 4.39 Å². The zero-order valence-corrected chi connectivity index (χ0v) is 11.7. The number of hydrogen-bond acceptors (Lipinski definition) is 2. The highest BCUT2D eigenvalue weighted by Crippen LogP contribution is 2.21. The third-order valence-corrected chi connectivity index (χ3v) is 3.64. The molecule has 0 radical (unpaired) electrons. The van der Waals surface area contributed by atoms with Crippen LogP contribution in [0.15, 0.2) is 22.7 Å². The molecule has 0 amide bonds. The van der Waals surface area contributed by atoms with Crippen LogP contribution in [0.4, 0.5) is 4.39 Å². The van der Waals surface area contributed by atoms with Crippen molar-refractivity contribution in [3.63, 3.8) is 0 Å². The first-order valence-corrected chi connectivity index (χ1v) is 6.65. The van der Waals surface area contributed by atoms with E-state index in [0.29, 0.717) is 0 Å². The van der Waals surface area contributed by atoms with Gasteiger partial charge in [0.2, 0.25) is 0 Å². The molecule has 1 aliphatic rings. The van der Waals surface area contributed by atoms with Crippen LogP contribution in [0.3, 0.4) is 0 Å². The lowest BCUT2D eigenvalue weighted by Gasteiger charge is -2.35. The molecule has 2 atom stereocenters. The molecule has 0 bridgehead atoms. The van der Waals surface area contributed by atoms with Gasteiger partial charge in [-0.05, 0) is 31.5 Å². The normalized spacial score (nSPS) is 26.1. The Morgan fingerprint density at radius 2 is 2.00 bits per heavy atom. The molecule has 0 aromatic heterocycles. The molecule has 4 heteroatoms. The van der Waals surface area contributed by atoms with Crippen molar-refractivity contribution < 1.29 is 9.13 Å². The maximum Gasteiger partial charge on any atom is 0.124 e. The summed E-state index contributed by atoms with van der Waals surface area (Å²) in [6, 6.07) is 4.86. The van der Waals surface area contributed by atoms with Gasteiger partial charge in [-0.15, -0.1) is 0 Å². The van der Waals surface area contributed by atoms with Crippen LogP contribution in [-0.4, -0.2) is 30.2 Å². The Kier molecular flexibility index (Phi) is 4.17. The molecule has 17 heavy (non-hydrogen) atoms. The van der Waals surface area contributed by atoms with Gasteiger partial charge >= 0.3 is 0 Å². The van der Waals surface area contributed by atoms with Crippen LogP contribution in [0.2, 0.25) is 0 Å². The lowest BCUT2D eigenvalue weighted by Crippen LogP contribution is -2.44. The monoisotopic (exact) mass is 301 g/mol. The molecule has 0 aliphatic carbocycles. The Balaban J connectivity index is 2.04. The van der Waals surface area contributed by atoms with Gasteiger partial charge in [-0.2, -0.15) is 0 Å². The molecule has 2 nitrogen and oxygen atoms in total. The quantitative estimate of drug-likeness (QED) is 0.832. The molecule has 0 N–H and O–H groups in total. The minimum absolute atomic E-state index is 0.204. The van der Waals surface area contributed by atoms with Gasteiger partial charge < -0.3 is 4.74 Å². The number of nitrogens with zero attached hydrogens (tertiary/aromatic N) is 1. The van der Waals surface area contributed by atoms with Crippen molar-refractivity contribution in [2.75, 3.05) is 13.1 Å². The number of halogens is 2. The van der Waals surface area contributed by atoms with Crippen LogP contribution in [-0.2, 0) is 11.3 Å². The van der Waals surface area contributed by atoms with E-state index < -0.39 is 0 Å². The summed E-state index contributed by atoms with van der Waals surface area (Å²) in [7, 11) is 0. The second-order valence-electron chi connectivity index (χ2n) is 4.69. The summed E-state index contributed by atoms with van der Waals surface area (Å²) in [6.07, 6.45) is 0.524. The Morgan fingerprint density at radius 1 is 1.35 bits per heavy atom. The van der Waals surface area contributed by atoms with Crippen molar-refractivity contribution in [2.45, 2.75) is 32.6 Å². The van der Waals surface area contributed by atoms with Crippen molar-refractivity contribution in [3.8, 4) is 0 Å². The van der Waals surface area contributed by atoms with Gasteiger partial charge in [0.25, 0.3) is 0 Å². The van der Waals surface area contributed by atoms with Crippen molar-refractivity contribution in [3.05, 3.63) is 34.1 Å². The van der Waals surface area contributed by atoms with E-state index in [2.05, 4.69) is 34.7 Å². The number of morpholine rings is 1. The Hall–Kier alpha value is -0.450. The lowest BCUT2D eigenvalue weighted by molar-refractivity contribution is -0.0705. The third-order valence-electron chi connectivity index (χ3n) is 2.90. The molecule has 0 saturated carbocycles. The number of benzene rings is 1. The fourth-order valence-electron chi connectivity index (χ4n) is 2.30. The molecule has 2 unspecified atom stereocenters. The zero-order valence-electron chi connectivity index (χ0n) is 10.1. The number of rotatable bonds is 2. The van der Waals surface area contributed by atoms with E-state index in [0.717, 1.165) is 29.7 Å². The maximum atomic E-state index is 13.0. The van der Waals surface area contributed by atoms with Gasteiger partial charge in [-0.1, -0.05) is 22.0 Å². The molecule has 0 spiro atoms. The minimum Gasteiger partial charge on any atom is -0.373 e. The molecule has 2 rings (SSSR count). The van der Waals surface area contributed by atoms with Gasteiger partial charge in [0, 0.05) is 24.1 Å². The van der Waals surface area contributed by atoms with E-state index in [-0.39, 0.29) is 18.0 Å². The minimum atomic E-state index is -0.204. The lowest BCUT2D eigenvalue weighted by atomic mass is 10.1. The first-order valence-electron chi connectivity index (χ1n) is 5.86. The third kappa shape index (κ3) is 3.50. The number of ether oxygens (including phenoxy) is 1. The number of hydrogen-bond donors (Lipinski definition) is 0. The van der Waals surface area contributed by atoms with E-state index in [1.807, 2.05) is 6.07 Å². The van der Waals surface area contributed by atoms with Gasteiger partial charge in [-0.3, -0.25) is 4.90 Å². The second-order valence-corrected chi connectivity index (χ2v) is 5.54. The summed E-state index contributed by atoms with van der Waals surface area (Å²) in [5.74, 6) is -0.204. The molecule has 1 heterocycles. The van der Waals surface area contributed by atoms with Crippen LogP contribution in [0.25, 0.3) is 0 Å². The highest BCUT2D eigenvalue weighted by atomic mass is 79.9. The van der Waals surface area contributed by atoms with Crippen molar-refractivity contribution in [2.24, 2.45) is 0 Å². The van der Waals surface area contributed by atoms with E-state index >= 15 is 0 Å². The Bertz CT molecular complexity index is 389. The van der Waals surface area contributed by atoms with Crippen LogP contribution in [0, 0.1) is 5.82 Å². The molecule has 1 aromatic rings. The summed E-state index contributed by atoms with van der Waals surface area (Å²) in [5.41, 5.74) is 1.12. The maximum absolute atomic E-state index is 13.0. The summed E-state index contributed by atoms with van der Waals surface area (Å²) in [5, 5.41) is 0. The molecular formula is C13H17BrFNO. The van der Waals surface area contributed by atoms with E-state index in [4.69, 9.17) is 4.74 Å². The molecular weight excluding hydrogens is 285 g/mol. The fraction of sp³-hybridized carbons (Fsp3) is 0.538. The van der Waals surface area contributed by atoms with Gasteiger partial charge in [0.15, 0.2) is 0 Å². The first-order chi connectivity index (χ1) is 8.04. The summed E-state index contributed by atoms with van der Waals surface area (Å²) in [6.45, 7) is 6.85. The van der Waals surface area contributed by atoms with Gasteiger partial charge in [0.05, 0.1) is 12.2 Å². The topological polar surface area (TPSA) is 12.5 Å². The van der Waals surface area contributed by atoms with Crippen LogP contribution >= 0.6 is 15.9 Å². The molecule has 1 fully saturated rings. The van der Waals surface area contributed by atoms with Crippen molar-refractivity contribution >= 4 is 15.9 Å². The summed E-state index contributed by atoms with van der Waals surface area (Å²) in [4.78, 5) is 2.34. The van der Waals surface area contributed by atoms with E-state index in [9.17, 15) is 4.39 Å². The SMILES string of the molecule is CC1CN(Cc2ccc(F)cc2Br)CC(C)O1. The largest absolute Gasteiger partial charge is 0.373 e. The molecule has 94 valence electrons. The average Bonchev–Trinajstić information content (AvgIpc) is 2.21. The predicted octanol–water partition coefficient (Wildman–Crippen LogP) is 3.20. The average molecular weight is 302 g/mol. The predicted molar refractivity (Wildman–Crippen MR) is 69.4 cm³/mol. The Labute approximate surface area is 110 Å². The molecule has 1 aliphatic heterocycles. The van der Waals surface area contributed by atoms with E-state index in [1.165, 1.54) is 12.1 Å². The second kappa shape index (κ2) is 5.46. The fourth-order valence-corrected chi connectivity index (χ4v) is 2.78. The standard InChI is InChI=1S/C13H17BrFNO/c1-9-6-16(7-10(2)17-9)8-11-3-4-12(15)5-13(11)14/h3-5,9-10H,6-8H2,1-2H3. The molecule has 1 aromatic carbocycles. The van der Waals surface area contributed by atoms with Crippen molar-refractivity contribution in [1.29, 1.82) is 0 Å². The molecule has 1 saturated heterocycles. The van der Waals surface area contributed by atoms with Gasteiger partial charge in [0.1, 0.15) is 5.82 Å². The van der Waals surface area contributed by atoms with Crippen LogP contribution < -0.4 is 0 Å². The summed E-state index contributed by atoms with van der Waals surface area (Å²) < 4.78 is 19.5. The first kappa shape index (κ1) is 13.0. The van der Waals surface area contributed by atoms with Crippen LogP contribution in [0.1, 0.15) is 19.4 Å². The highest BCUT2D eigenvalue weighted by molar-refractivity contribution is 9.10. The van der Waals surface area contributed by atoms with E-state index in [1.54, 1.807) is 0 Å². The smallest absolute Gasteiger partial charge is 0.124 e. The zero-order chi connectivity index (χ0) is 12.4. The van der Waals surface area contributed by atoms with Crippen molar-refractivity contribution in [1.82, 2.24) is 4.90 Å². The van der Waals surface area contributed by atoms with Crippen LogP contribution in [0.5, 0.6) is 0 Å². The highest BCUT2D eigenvalue weighted by Gasteiger charge is 2.22. The Morgan fingerprint density at radius 3 is 2.59 bits per heavy atom.